The molecular weight excluding hydrogens is 429 g/mol. The maximum Gasteiger partial charge on any atom is 0.337 e. The topological polar surface area (TPSA) is 121 Å². The lowest BCUT2D eigenvalue weighted by Crippen LogP contribution is -2.50. The van der Waals surface area contributed by atoms with Crippen molar-refractivity contribution in [2.75, 3.05) is 23.3 Å². The number of phenolic OH excluding ortho intramolecular Hbond substituents is 1. The van der Waals surface area contributed by atoms with Crippen LogP contribution in [-0.4, -0.2) is 56.1 Å². The van der Waals surface area contributed by atoms with Gasteiger partial charge in [0.15, 0.2) is 17.4 Å². The second-order valence-corrected chi connectivity index (χ2v) is 8.65. The maximum atomic E-state index is 13.9. The molecule has 9 nitrogen and oxygen atoms in total. The largest absolute Gasteiger partial charge is 0.504 e. The van der Waals surface area contributed by atoms with E-state index in [-0.39, 0.29) is 22.8 Å². The monoisotopic (exact) mass is 451 g/mol. The van der Waals surface area contributed by atoms with Gasteiger partial charge < -0.3 is 25.2 Å². The molecule has 0 bridgehead atoms. The van der Waals surface area contributed by atoms with Crippen molar-refractivity contribution in [2.45, 2.75) is 31.9 Å². The highest BCUT2D eigenvalue weighted by Gasteiger charge is 2.47. The molecule has 2 aliphatic rings. The van der Waals surface area contributed by atoms with Gasteiger partial charge in [-0.2, -0.15) is 0 Å². The molecule has 2 atom stereocenters. The van der Waals surface area contributed by atoms with E-state index in [1.165, 1.54) is 18.3 Å². The lowest BCUT2D eigenvalue weighted by Gasteiger charge is -2.41. The van der Waals surface area contributed by atoms with Crippen LogP contribution in [0.5, 0.6) is 11.6 Å². The number of nitrogens with zero attached hydrogens (tertiary/aromatic N) is 4. The Morgan fingerprint density at radius 3 is 2.91 bits per heavy atom. The third-order valence-electron chi connectivity index (χ3n) is 6.27. The molecule has 0 saturated carbocycles. The molecule has 5 rings (SSSR count). The van der Waals surface area contributed by atoms with Gasteiger partial charge >= 0.3 is 5.97 Å². The minimum atomic E-state index is -1.03. The lowest BCUT2D eigenvalue weighted by molar-refractivity contribution is 0.0695. The number of carbonyl (C=O) groups is 1. The van der Waals surface area contributed by atoms with E-state index in [0.29, 0.717) is 42.5 Å². The van der Waals surface area contributed by atoms with Gasteiger partial charge in [0.05, 0.1) is 29.0 Å². The summed E-state index contributed by atoms with van der Waals surface area (Å²) in [5.41, 5.74) is 1.86. The van der Waals surface area contributed by atoms with Crippen molar-refractivity contribution in [1.29, 1.82) is 0 Å². The molecule has 33 heavy (non-hydrogen) atoms. The average molecular weight is 451 g/mol. The lowest BCUT2D eigenvalue weighted by atomic mass is 9.95. The van der Waals surface area contributed by atoms with Crippen molar-refractivity contribution in [2.24, 2.45) is 0 Å². The van der Waals surface area contributed by atoms with Crippen LogP contribution < -0.4 is 15.0 Å². The number of carboxylic acids is 1. The molecule has 4 heterocycles. The summed E-state index contributed by atoms with van der Waals surface area (Å²) in [5.74, 6) is -1.24. The van der Waals surface area contributed by atoms with Gasteiger partial charge in [-0.05, 0) is 37.6 Å². The van der Waals surface area contributed by atoms with Gasteiger partial charge in [-0.1, -0.05) is 6.07 Å². The minimum Gasteiger partial charge on any atom is -0.504 e. The van der Waals surface area contributed by atoms with E-state index in [1.54, 1.807) is 25.1 Å². The number of halogens is 1. The van der Waals surface area contributed by atoms with Gasteiger partial charge in [0.1, 0.15) is 6.10 Å². The summed E-state index contributed by atoms with van der Waals surface area (Å²) in [6.07, 6.45) is 1.81. The number of aromatic nitrogens is 3. The first kappa shape index (κ1) is 20.9. The first-order valence-electron chi connectivity index (χ1n) is 10.5. The number of nitrogens with one attached hydrogen (secondary N) is 1. The number of aromatic hydroxyl groups is 1. The first-order chi connectivity index (χ1) is 15.7. The molecule has 0 aliphatic carbocycles. The number of aryl methyl sites for hydroxylation is 1. The zero-order valence-corrected chi connectivity index (χ0v) is 18.0. The predicted octanol–water partition coefficient (Wildman–Crippen LogP) is 3.23. The quantitative estimate of drug-likeness (QED) is 0.549. The first-order valence-corrected chi connectivity index (χ1v) is 10.5. The number of anilines is 2. The Morgan fingerprint density at radius 1 is 1.33 bits per heavy atom. The Kier molecular flexibility index (Phi) is 4.80. The van der Waals surface area contributed by atoms with E-state index >= 15 is 0 Å². The number of carboxylic acid groups (broad SMARTS) is 1. The Bertz CT molecular complexity index is 1270. The Labute approximate surface area is 188 Å². The van der Waals surface area contributed by atoms with Crippen molar-refractivity contribution in [1.82, 2.24) is 15.2 Å². The highest BCUT2D eigenvalue weighted by atomic mass is 19.1. The summed E-state index contributed by atoms with van der Waals surface area (Å²) in [6, 6.07) is 7.71. The normalized spacial score (nSPS) is 21.2. The molecule has 10 heteroatoms. The molecule has 2 aromatic heterocycles. The van der Waals surface area contributed by atoms with Gasteiger partial charge in [-0.25, -0.2) is 14.2 Å². The van der Waals surface area contributed by atoms with Crippen LogP contribution in [0.4, 0.5) is 15.9 Å². The number of para-hydroxylation sites is 1. The van der Waals surface area contributed by atoms with Crippen LogP contribution >= 0.6 is 0 Å². The molecule has 1 fully saturated rings. The van der Waals surface area contributed by atoms with Gasteiger partial charge in [0.2, 0.25) is 5.88 Å². The van der Waals surface area contributed by atoms with Gasteiger partial charge in [0.25, 0.3) is 0 Å². The van der Waals surface area contributed by atoms with Crippen molar-refractivity contribution < 1.29 is 24.1 Å². The highest BCUT2D eigenvalue weighted by molar-refractivity contribution is 5.89. The second kappa shape index (κ2) is 7.58. The van der Waals surface area contributed by atoms with E-state index in [0.717, 1.165) is 5.69 Å². The fourth-order valence-corrected chi connectivity index (χ4v) is 4.56. The van der Waals surface area contributed by atoms with E-state index in [4.69, 9.17) is 4.74 Å². The number of pyridine rings is 1. The summed E-state index contributed by atoms with van der Waals surface area (Å²) in [6.45, 7) is 4.99. The number of benzene rings is 1. The molecule has 0 radical (unpaired) electrons. The number of hydrogen-bond acceptors (Lipinski definition) is 8. The minimum absolute atomic E-state index is 0.142. The number of fused-ring (bicyclic) bond motifs is 3. The molecule has 1 aromatic carbocycles. The fraction of sp³-hybridized carbons (Fsp3) is 0.304. The zero-order valence-electron chi connectivity index (χ0n) is 18.0. The average Bonchev–Trinajstić information content (AvgIpc) is 3.11. The van der Waals surface area contributed by atoms with E-state index < -0.39 is 17.5 Å². The summed E-state index contributed by atoms with van der Waals surface area (Å²) in [4.78, 5) is 17.6. The fourth-order valence-electron chi connectivity index (χ4n) is 4.56. The zero-order chi connectivity index (χ0) is 23.3. The molecule has 1 saturated heterocycles. The van der Waals surface area contributed by atoms with Gasteiger partial charge in [0, 0.05) is 30.8 Å². The number of phenols is 1. The van der Waals surface area contributed by atoms with Crippen LogP contribution in [0.15, 0.2) is 36.5 Å². The van der Waals surface area contributed by atoms with Crippen molar-refractivity contribution in [3.05, 3.63) is 53.5 Å². The third kappa shape index (κ3) is 3.57. The highest BCUT2D eigenvalue weighted by Crippen LogP contribution is 2.43. The SMILES string of the molecule is Cc1cc(O[C@H]2CN3c4cc(-c5cccc(F)c5O)nnc4NC[C@@]3(C)C2)ncc1C(=O)O. The molecule has 0 spiro atoms. The van der Waals surface area contributed by atoms with Crippen molar-refractivity contribution in [3.8, 4) is 22.9 Å². The van der Waals surface area contributed by atoms with Crippen LogP contribution in [0.25, 0.3) is 11.3 Å². The van der Waals surface area contributed by atoms with Crippen LogP contribution in [0, 0.1) is 12.7 Å². The Hall–Kier alpha value is -3.95. The molecule has 0 unspecified atom stereocenters. The maximum absolute atomic E-state index is 13.9. The van der Waals surface area contributed by atoms with Crippen LogP contribution in [0.3, 0.4) is 0 Å². The molecule has 0 amide bonds. The summed E-state index contributed by atoms with van der Waals surface area (Å²) < 4.78 is 20.0. The van der Waals surface area contributed by atoms with Crippen molar-refractivity contribution >= 4 is 17.5 Å². The number of rotatable bonds is 4. The van der Waals surface area contributed by atoms with E-state index in [2.05, 4.69) is 32.3 Å². The van der Waals surface area contributed by atoms with Crippen LogP contribution in [-0.2, 0) is 0 Å². The van der Waals surface area contributed by atoms with Crippen LogP contribution in [0.2, 0.25) is 0 Å². The van der Waals surface area contributed by atoms with Crippen LogP contribution in [0.1, 0.15) is 29.3 Å². The molecule has 3 N–H and O–H groups in total. The number of ether oxygens (including phenoxy) is 1. The standard InChI is InChI=1S/C23H22FN5O4/c1-12-6-19(25-9-15(12)22(31)32)33-13-8-23(2)11-26-21-18(29(23)10-13)7-17(27-28-21)14-4-3-5-16(24)20(14)30/h3-7,9,13,30H,8,10-11H2,1-2H3,(H,26,28)(H,31,32)/t13-,23-/m1/s1. The predicted molar refractivity (Wildman–Crippen MR) is 118 cm³/mol. The summed E-state index contributed by atoms with van der Waals surface area (Å²) >= 11 is 0. The molecular formula is C23H22FN5O4. The number of hydrogen-bond donors (Lipinski definition) is 3. The summed E-state index contributed by atoms with van der Waals surface area (Å²) in [7, 11) is 0. The van der Waals surface area contributed by atoms with E-state index in [1.807, 2.05) is 0 Å². The molecule has 3 aromatic rings. The Balaban J connectivity index is 1.43. The van der Waals surface area contributed by atoms with Crippen molar-refractivity contribution in [3.63, 3.8) is 0 Å². The smallest absolute Gasteiger partial charge is 0.337 e. The molecule has 2 aliphatic heterocycles. The summed E-state index contributed by atoms with van der Waals surface area (Å²) in [5, 5.41) is 31.1. The van der Waals surface area contributed by atoms with Gasteiger partial charge in [-0.15, -0.1) is 10.2 Å². The van der Waals surface area contributed by atoms with Gasteiger partial charge in [-0.3, -0.25) is 0 Å². The second-order valence-electron chi connectivity index (χ2n) is 8.65. The molecule has 170 valence electrons. The van der Waals surface area contributed by atoms with E-state index in [9.17, 15) is 19.4 Å². The number of aromatic carboxylic acids is 1. The Morgan fingerprint density at radius 2 is 2.15 bits per heavy atom. The third-order valence-corrected chi connectivity index (χ3v) is 6.27.